The Morgan fingerprint density at radius 1 is 1.12 bits per heavy atom. The number of hydrogen-bond donors (Lipinski definition) is 0. The molecule has 0 spiro atoms. The molecule has 1 amide bonds. The summed E-state index contributed by atoms with van der Waals surface area (Å²) in [4.78, 5) is 14.7. The van der Waals surface area contributed by atoms with Crippen LogP contribution in [0.4, 0.5) is 0 Å². The van der Waals surface area contributed by atoms with Gasteiger partial charge in [0.15, 0.2) is 0 Å². The van der Waals surface area contributed by atoms with E-state index in [0.717, 1.165) is 58.4 Å². The zero-order chi connectivity index (χ0) is 17.5. The van der Waals surface area contributed by atoms with E-state index < -0.39 is 0 Å². The standard InChI is InChI=1S/C21H31NO3/c1-2-17(18-6-4-3-5-7-18)16-21(23)22-12-8-19(9-13-22)25-20-10-14-24-15-11-20/h3-7,17,19-20H,2,8-16H2,1H3. The van der Waals surface area contributed by atoms with Gasteiger partial charge in [-0.1, -0.05) is 37.3 Å². The third-order valence-corrected chi connectivity index (χ3v) is 5.53. The zero-order valence-corrected chi connectivity index (χ0v) is 15.4. The summed E-state index contributed by atoms with van der Waals surface area (Å²) in [5, 5.41) is 0. The molecule has 0 bridgehead atoms. The Morgan fingerprint density at radius 3 is 2.40 bits per heavy atom. The number of likely N-dealkylation sites (tertiary alicyclic amines) is 1. The highest BCUT2D eigenvalue weighted by atomic mass is 16.5. The highest BCUT2D eigenvalue weighted by Gasteiger charge is 2.27. The molecule has 1 unspecified atom stereocenters. The van der Waals surface area contributed by atoms with Gasteiger partial charge in [-0.3, -0.25) is 4.79 Å². The number of piperidine rings is 1. The molecule has 25 heavy (non-hydrogen) atoms. The van der Waals surface area contributed by atoms with E-state index in [4.69, 9.17) is 9.47 Å². The van der Waals surface area contributed by atoms with E-state index in [1.54, 1.807) is 0 Å². The monoisotopic (exact) mass is 345 g/mol. The lowest BCUT2D eigenvalue weighted by atomic mass is 9.92. The molecule has 2 heterocycles. The van der Waals surface area contributed by atoms with Crippen LogP contribution in [-0.2, 0) is 14.3 Å². The molecule has 2 aliphatic rings. The first-order valence-corrected chi connectivity index (χ1v) is 9.82. The minimum absolute atomic E-state index is 0.292. The summed E-state index contributed by atoms with van der Waals surface area (Å²) in [6.07, 6.45) is 6.22. The molecule has 2 aliphatic heterocycles. The first kappa shape index (κ1) is 18.4. The van der Waals surface area contributed by atoms with Crippen LogP contribution in [0, 0.1) is 0 Å². The third kappa shape index (κ3) is 5.29. The van der Waals surface area contributed by atoms with Crippen LogP contribution in [0.25, 0.3) is 0 Å². The molecular formula is C21H31NO3. The molecule has 1 aromatic rings. The van der Waals surface area contributed by atoms with Crippen LogP contribution in [0.3, 0.4) is 0 Å². The summed E-state index contributed by atoms with van der Waals surface area (Å²) in [5.74, 6) is 0.616. The van der Waals surface area contributed by atoms with Crippen molar-refractivity contribution in [3.63, 3.8) is 0 Å². The van der Waals surface area contributed by atoms with Crippen molar-refractivity contribution in [1.82, 2.24) is 4.90 Å². The van der Waals surface area contributed by atoms with Crippen molar-refractivity contribution in [1.29, 1.82) is 0 Å². The van der Waals surface area contributed by atoms with E-state index >= 15 is 0 Å². The lowest BCUT2D eigenvalue weighted by Crippen LogP contribution is -2.42. The highest BCUT2D eigenvalue weighted by Crippen LogP contribution is 2.26. The van der Waals surface area contributed by atoms with Crippen molar-refractivity contribution in [3.8, 4) is 0 Å². The van der Waals surface area contributed by atoms with E-state index in [1.807, 2.05) is 11.0 Å². The van der Waals surface area contributed by atoms with E-state index in [0.29, 0.717) is 30.5 Å². The molecule has 4 heteroatoms. The van der Waals surface area contributed by atoms with Gasteiger partial charge in [0, 0.05) is 32.7 Å². The summed E-state index contributed by atoms with van der Waals surface area (Å²) < 4.78 is 11.6. The number of nitrogens with zero attached hydrogens (tertiary/aromatic N) is 1. The zero-order valence-electron chi connectivity index (χ0n) is 15.4. The summed E-state index contributed by atoms with van der Waals surface area (Å²) in [5.41, 5.74) is 1.27. The van der Waals surface area contributed by atoms with Crippen molar-refractivity contribution < 1.29 is 14.3 Å². The fourth-order valence-corrected chi connectivity index (χ4v) is 3.89. The minimum Gasteiger partial charge on any atom is -0.381 e. The van der Waals surface area contributed by atoms with E-state index in [9.17, 15) is 4.79 Å². The topological polar surface area (TPSA) is 38.8 Å². The van der Waals surface area contributed by atoms with Crippen LogP contribution in [0.5, 0.6) is 0 Å². The largest absolute Gasteiger partial charge is 0.381 e. The van der Waals surface area contributed by atoms with Crippen molar-refractivity contribution >= 4 is 5.91 Å². The smallest absolute Gasteiger partial charge is 0.223 e. The fraction of sp³-hybridized carbons (Fsp3) is 0.667. The quantitative estimate of drug-likeness (QED) is 0.788. The molecule has 2 fully saturated rings. The second kappa shape index (κ2) is 9.35. The summed E-state index contributed by atoms with van der Waals surface area (Å²) in [6, 6.07) is 10.4. The number of hydrogen-bond acceptors (Lipinski definition) is 3. The number of amides is 1. The van der Waals surface area contributed by atoms with E-state index in [1.165, 1.54) is 5.56 Å². The second-order valence-electron chi connectivity index (χ2n) is 7.25. The van der Waals surface area contributed by atoms with Gasteiger partial charge < -0.3 is 14.4 Å². The Morgan fingerprint density at radius 2 is 1.76 bits per heavy atom. The van der Waals surface area contributed by atoms with Crippen LogP contribution in [0.15, 0.2) is 30.3 Å². The van der Waals surface area contributed by atoms with Crippen molar-refractivity contribution in [2.75, 3.05) is 26.3 Å². The first-order chi connectivity index (χ1) is 12.3. The molecule has 1 atom stereocenters. The highest BCUT2D eigenvalue weighted by molar-refractivity contribution is 5.77. The van der Waals surface area contributed by atoms with Gasteiger partial charge in [0.25, 0.3) is 0 Å². The van der Waals surface area contributed by atoms with Gasteiger partial charge in [0.05, 0.1) is 12.2 Å². The number of benzene rings is 1. The van der Waals surface area contributed by atoms with Crippen molar-refractivity contribution in [2.45, 2.75) is 63.6 Å². The first-order valence-electron chi connectivity index (χ1n) is 9.82. The van der Waals surface area contributed by atoms with Gasteiger partial charge in [0.2, 0.25) is 5.91 Å². The van der Waals surface area contributed by atoms with Crippen LogP contribution in [0.1, 0.15) is 56.9 Å². The normalized spacial score (nSPS) is 21.2. The Balaban J connectivity index is 1.44. The van der Waals surface area contributed by atoms with Gasteiger partial charge in [-0.25, -0.2) is 0 Å². The van der Waals surface area contributed by atoms with Crippen LogP contribution in [-0.4, -0.2) is 49.3 Å². The molecule has 0 saturated carbocycles. The van der Waals surface area contributed by atoms with Crippen LogP contribution >= 0.6 is 0 Å². The summed E-state index contributed by atoms with van der Waals surface area (Å²) in [7, 11) is 0. The Hall–Kier alpha value is -1.39. The van der Waals surface area contributed by atoms with Gasteiger partial charge in [-0.2, -0.15) is 0 Å². The van der Waals surface area contributed by atoms with Gasteiger partial charge >= 0.3 is 0 Å². The van der Waals surface area contributed by atoms with Crippen LogP contribution < -0.4 is 0 Å². The molecule has 0 aromatic heterocycles. The molecular weight excluding hydrogens is 314 g/mol. The molecule has 4 nitrogen and oxygen atoms in total. The maximum atomic E-state index is 12.7. The molecule has 2 saturated heterocycles. The van der Waals surface area contributed by atoms with Crippen molar-refractivity contribution in [3.05, 3.63) is 35.9 Å². The number of rotatable bonds is 6. The third-order valence-electron chi connectivity index (χ3n) is 5.53. The van der Waals surface area contributed by atoms with Gasteiger partial charge in [0.1, 0.15) is 0 Å². The van der Waals surface area contributed by atoms with Crippen LogP contribution in [0.2, 0.25) is 0 Å². The van der Waals surface area contributed by atoms with E-state index in [-0.39, 0.29) is 0 Å². The van der Waals surface area contributed by atoms with Crippen molar-refractivity contribution in [2.24, 2.45) is 0 Å². The summed E-state index contributed by atoms with van der Waals surface area (Å²) >= 11 is 0. The number of carbonyl (C=O) groups excluding carboxylic acids is 1. The summed E-state index contributed by atoms with van der Waals surface area (Å²) in [6.45, 7) is 5.47. The maximum absolute atomic E-state index is 12.7. The number of carbonyl (C=O) groups is 1. The fourth-order valence-electron chi connectivity index (χ4n) is 3.89. The predicted molar refractivity (Wildman–Crippen MR) is 98.6 cm³/mol. The Labute approximate surface area is 151 Å². The molecule has 0 N–H and O–H groups in total. The molecule has 3 rings (SSSR count). The molecule has 0 radical (unpaired) electrons. The Kier molecular flexibility index (Phi) is 6.88. The molecule has 138 valence electrons. The lowest BCUT2D eigenvalue weighted by Gasteiger charge is -2.35. The minimum atomic E-state index is 0.292. The maximum Gasteiger partial charge on any atom is 0.223 e. The Bertz CT molecular complexity index is 519. The number of ether oxygens (including phenoxy) is 2. The SMILES string of the molecule is CCC(CC(=O)N1CCC(OC2CCOCC2)CC1)c1ccccc1. The lowest BCUT2D eigenvalue weighted by molar-refractivity contribution is -0.136. The average Bonchev–Trinajstić information content (AvgIpc) is 2.68. The van der Waals surface area contributed by atoms with E-state index in [2.05, 4.69) is 31.2 Å². The second-order valence-corrected chi connectivity index (χ2v) is 7.25. The molecule has 0 aliphatic carbocycles. The molecule has 1 aromatic carbocycles. The van der Waals surface area contributed by atoms with Gasteiger partial charge in [-0.05, 0) is 43.6 Å². The average molecular weight is 345 g/mol. The predicted octanol–water partition coefficient (Wildman–Crippen LogP) is 3.76. The van der Waals surface area contributed by atoms with Gasteiger partial charge in [-0.15, -0.1) is 0 Å².